The number of nitrogens with one attached hydrogen (secondary N) is 1. The molecule has 1 fully saturated rings. The molecule has 4 aromatic rings. The highest BCUT2D eigenvalue weighted by molar-refractivity contribution is 5.88. The van der Waals surface area contributed by atoms with Crippen molar-refractivity contribution in [2.24, 2.45) is 5.10 Å². The van der Waals surface area contributed by atoms with E-state index in [0.29, 0.717) is 40.3 Å². The minimum absolute atomic E-state index is 0.0154. The van der Waals surface area contributed by atoms with Gasteiger partial charge in [0.05, 0.1) is 52.2 Å². The number of amides is 1. The number of hydrogen-bond donors (Lipinski definition) is 1. The van der Waals surface area contributed by atoms with E-state index in [9.17, 15) is 4.79 Å². The van der Waals surface area contributed by atoms with Gasteiger partial charge in [-0.3, -0.25) is 14.7 Å². The Hall–Kier alpha value is -4.74. The first-order valence-corrected chi connectivity index (χ1v) is 14.3. The van der Waals surface area contributed by atoms with Crippen LogP contribution in [-0.2, 0) is 16.0 Å². The Morgan fingerprint density at radius 3 is 2.57 bits per heavy atom. The van der Waals surface area contributed by atoms with Crippen molar-refractivity contribution in [1.82, 2.24) is 15.3 Å². The molecule has 1 amide bonds. The Morgan fingerprint density at radius 1 is 1.00 bits per heavy atom. The maximum atomic E-state index is 15.1. The van der Waals surface area contributed by atoms with Gasteiger partial charge in [0.25, 0.3) is 0 Å². The second-order valence-corrected chi connectivity index (χ2v) is 10.1. The molecule has 0 spiro atoms. The van der Waals surface area contributed by atoms with E-state index in [1.165, 1.54) is 18.3 Å². The monoisotopic (exact) mass is 602 g/mol. The molecule has 11 heteroatoms. The van der Waals surface area contributed by atoms with Crippen molar-refractivity contribution >= 4 is 23.0 Å². The summed E-state index contributed by atoms with van der Waals surface area (Å²) < 4.78 is 43.2. The number of carbonyl (C=O) groups excluding carboxylic acids is 1. The fourth-order valence-corrected chi connectivity index (χ4v) is 4.73. The predicted molar refractivity (Wildman–Crippen MR) is 165 cm³/mol. The van der Waals surface area contributed by atoms with E-state index in [0.717, 1.165) is 50.6 Å². The molecule has 44 heavy (non-hydrogen) atoms. The van der Waals surface area contributed by atoms with Crippen LogP contribution in [0.2, 0.25) is 0 Å². The van der Waals surface area contributed by atoms with Crippen molar-refractivity contribution in [2.75, 3.05) is 53.7 Å². The molecule has 1 saturated heterocycles. The van der Waals surface area contributed by atoms with Crippen LogP contribution < -0.4 is 24.4 Å². The van der Waals surface area contributed by atoms with Gasteiger partial charge in [-0.2, -0.15) is 5.10 Å². The average molecular weight is 603 g/mol. The maximum Gasteiger partial charge on any atom is 0.244 e. The number of fused-ring (bicyclic) bond motifs is 1. The molecule has 0 unspecified atom stereocenters. The molecule has 0 atom stereocenters. The zero-order valence-corrected chi connectivity index (χ0v) is 24.8. The van der Waals surface area contributed by atoms with Gasteiger partial charge < -0.3 is 23.7 Å². The first-order chi connectivity index (χ1) is 21.5. The molecular weight excluding hydrogens is 567 g/mol. The van der Waals surface area contributed by atoms with Crippen molar-refractivity contribution in [3.8, 4) is 28.7 Å². The second-order valence-electron chi connectivity index (χ2n) is 10.1. The van der Waals surface area contributed by atoms with Crippen molar-refractivity contribution < 1.29 is 32.9 Å². The zero-order chi connectivity index (χ0) is 30.7. The summed E-state index contributed by atoms with van der Waals surface area (Å²) in [5, 5.41) is 4.60. The number of halogens is 1. The number of nitrogens with zero attached hydrogens (tertiary/aromatic N) is 3. The second kappa shape index (κ2) is 15.1. The highest BCUT2D eigenvalue weighted by atomic mass is 19.1. The van der Waals surface area contributed by atoms with Crippen LogP contribution in [0.15, 0.2) is 72.0 Å². The van der Waals surface area contributed by atoms with E-state index in [1.54, 1.807) is 56.8 Å². The first kappa shape index (κ1) is 30.7. The number of hydrazone groups is 1. The topological polar surface area (TPSA) is 104 Å². The summed E-state index contributed by atoms with van der Waals surface area (Å²) in [6, 6.07) is 16.8. The SMILES string of the molecule is COc1ccc(/C=N/NC(=O)Cc2ccc(Oc3ccnc4cc(OCCCN5CCOCC5)c(OC)cc34)c(F)c2)cc1. The Morgan fingerprint density at radius 2 is 1.82 bits per heavy atom. The van der Waals surface area contributed by atoms with Crippen molar-refractivity contribution in [1.29, 1.82) is 0 Å². The number of aromatic nitrogens is 1. The third kappa shape index (κ3) is 8.21. The van der Waals surface area contributed by atoms with Gasteiger partial charge in [-0.25, -0.2) is 9.82 Å². The minimum atomic E-state index is -0.603. The molecule has 5 rings (SSSR count). The lowest BCUT2D eigenvalue weighted by atomic mass is 10.1. The Labute approximate surface area is 255 Å². The highest BCUT2D eigenvalue weighted by Crippen LogP contribution is 2.37. The third-order valence-corrected chi connectivity index (χ3v) is 7.07. The summed E-state index contributed by atoms with van der Waals surface area (Å²) >= 11 is 0. The standard InChI is InChI=1S/C33H35FN4O6/c1-40-25-7-4-23(5-8-25)22-36-37-33(39)19-24-6-9-30(27(34)18-24)44-29-10-11-35-28-21-32(31(41-2)20-26(28)29)43-15-3-12-38-13-16-42-17-14-38/h4-11,18,20-22H,3,12-17,19H2,1-2H3,(H,37,39)/b36-22+. The highest BCUT2D eigenvalue weighted by Gasteiger charge is 2.15. The van der Waals surface area contributed by atoms with Crippen LogP contribution in [0.4, 0.5) is 4.39 Å². The zero-order valence-electron chi connectivity index (χ0n) is 24.8. The molecule has 1 aliphatic heterocycles. The molecule has 0 saturated carbocycles. The molecule has 1 aromatic heterocycles. The van der Waals surface area contributed by atoms with Crippen LogP contribution in [0.25, 0.3) is 10.9 Å². The van der Waals surface area contributed by atoms with Crippen LogP contribution in [0, 0.1) is 5.82 Å². The molecule has 2 heterocycles. The fraction of sp³-hybridized carbons (Fsp3) is 0.303. The molecule has 0 radical (unpaired) electrons. The average Bonchev–Trinajstić information content (AvgIpc) is 3.05. The fourth-order valence-electron chi connectivity index (χ4n) is 4.73. The summed E-state index contributed by atoms with van der Waals surface area (Å²) in [6.45, 7) is 4.87. The van der Waals surface area contributed by atoms with E-state index in [-0.39, 0.29) is 18.1 Å². The lowest BCUT2D eigenvalue weighted by Crippen LogP contribution is -2.37. The van der Waals surface area contributed by atoms with Crippen molar-refractivity contribution in [3.05, 3.63) is 83.8 Å². The minimum Gasteiger partial charge on any atom is -0.497 e. The Kier molecular flexibility index (Phi) is 10.6. The molecule has 0 bridgehead atoms. The lowest BCUT2D eigenvalue weighted by molar-refractivity contribution is -0.120. The van der Waals surface area contributed by atoms with Gasteiger partial charge in [0.15, 0.2) is 23.1 Å². The molecule has 10 nitrogen and oxygen atoms in total. The number of pyridine rings is 1. The molecule has 0 aliphatic carbocycles. The van der Waals surface area contributed by atoms with E-state index < -0.39 is 5.82 Å². The number of carbonyl (C=O) groups is 1. The van der Waals surface area contributed by atoms with E-state index in [2.05, 4.69) is 20.4 Å². The van der Waals surface area contributed by atoms with Crippen LogP contribution in [0.1, 0.15) is 17.5 Å². The third-order valence-electron chi connectivity index (χ3n) is 7.07. The van der Waals surface area contributed by atoms with E-state index in [1.807, 2.05) is 12.1 Å². The summed E-state index contributed by atoms with van der Waals surface area (Å²) in [7, 11) is 3.15. The summed E-state index contributed by atoms with van der Waals surface area (Å²) in [6.07, 6.45) is 3.92. The van der Waals surface area contributed by atoms with Crippen LogP contribution in [0.5, 0.6) is 28.7 Å². The maximum absolute atomic E-state index is 15.1. The summed E-state index contributed by atoms with van der Waals surface area (Å²) in [5.41, 5.74) is 4.35. The summed E-state index contributed by atoms with van der Waals surface area (Å²) in [5.74, 6) is 1.27. The number of methoxy groups -OCH3 is 2. The Bertz CT molecular complexity index is 1590. The molecule has 1 aliphatic rings. The van der Waals surface area contributed by atoms with Gasteiger partial charge >= 0.3 is 0 Å². The van der Waals surface area contributed by atoms with Crippen LogP contribution >= 0.6 is 0 Å². The number of hydrogen-bond acceptors (Lipinski definition) is 9. The normalized spacial score (nSPS) is 13.6. The lowest BCUT2D eigenvalue weighted by Gasteiger charge is -2.26. The van der Waals surface area contributed by atoms with Gasteiger partial charge in [-0.05, 0) is 66.1 Å². The first-order valence-electron chi connectivity index (χ1n) is 14.3. The smallest absolute Gasteiger partial charge is 0.244 e. The Balaban J connectivity index is 1.19. The van der Waals surface area contributed by atoms with E-state index >= 15 is 4.39 Å². The van der Waals surface area contributed by atoms with Gasteiger partial charge in [0.2, 0.25) is 5.91 Å². The van der Waals surface area contributed by atoms with Crippen molar-refractivity contribution in [3.63, 3.8) is 0 Å². The predicted octanol–water partition coefficient (Wildman–Crippen LogP) is 4.98. The number of rotatable bonds is 13. The molecular formula is C33H35FN4O6. The van der Waals surface area contributed by atoms with Gasteiger partial charge in [0, 0.05) is 37.3 Å². The van der Waals surface area contributed by atoms with E-state index in [4.69, 9.17) is 23.7 Å². The number of benzene rings is 3. The quantitative estimate of drug-likeness (QED) is 0.130. The molecule has 230 valence electrons. The summed E-state index contributed by atoms with van der Waals surface area (Å²) in [4.78, 5) is 19.2. The van der Waals surface area contributed by atoms with Crippen LogP contribution in [0.3, 0.4) is 0 Å². The molecule has 3 aromatic carbocycles. The van der Waals surface area contributed by atoms with Gasteiger partial charge in [0.1, 0.15) is 11.5 Å². The van der Waals surface area contributed by atoms with Crippen LogP contribution in [-0.4, -0.2) is 75.7 Å². The number of ether oxygens (including phenoxy) is 5. The largest absolute Gasteiger partial charge is 0.497 e. The van der Waals surface area contributed by atoms with Crippen molar-refractivity contribution in [2.45, 2.75) is 12.8 Å². The molecule has 1 N–H and O–H groups in total. The number of morpholine rings is 1. The van der Waals surface area contributed by atoms with Gasteiger partial charge in [-0.1, -0.05) is 6.07 Å². The van der Waals surface area contributed by atoms with Gasteiger partial charge in [-0.15, -0.1) is 0 Å².